The van der Waals surface area contributed by atoms with Crippen molar-refractivity contribution in [3.8, 4) is 11.8 Å². The van der Waals surface area contributed by atoms with Crippen molar-refractivity contribution < 1.29 is 58.2 Å². The first-order chi connectivity index (χ1) is 10.3. The third kappa shape index (κ3) is 5.17. The molecule has 0 saturated heterocycles. The molecule has 0 aromatic heterocycles. The molecule has 1 heteroatoms. The number of rotatable bonds is 1. The summed E-state index contributed by atoms with van der Waals surface area (Å²) in [6.45, 7) is 2.37. The first-order valence-corrected chi connectivity index (χ1v) is 7.89. The van der Waals surface area contributed by atoms with Crippen LogP contribution in [0.1, 0.15) is 55.2 Å². The Balaban J connectivity index is 0.00000176. The molecule has 0 radical (unpaired) electrons. The Morgan fingerprint density at radius 1 is 0.818 bits per heavy atom. The topological polar surface area (TPSA) is 0 Å². The molecule has 0 spiro atoms. The maximum Gasteiger partial charge on any atom is 1.00 e. The number of benzene rings is 2. The average molecular weight is 359 g/mol. The van der Waals surface area contributed by atoms with Crippen LogP contribution in [0.3, 0.4) is 0 Å². The zero-order chi connectivity index (χ0) is 14.5. The van der Waals surface area contributed by atoms with Gasteiger partial charge >= 0.3 is 58.2 Å². The molecule has 1 saturated carbocycles. The predicted molar refractivity (Wildman–Crippen MR) is 88.1 cm³/mol. The van der Waals surface area contributed by atoms with Gasteiger partial charge in [0.25, 0.3) is 0 Å². The Hall–Kier alpha value is -0.195. The van der Waals surface area contributed by atoms with Gasteiger partial charge in [-0.05, 0) is 42.4 Å². The van der Waals surface area contributed by atoms with Crippen molar-refractivity contribution in [2.24, 2.45) is 5.92 Å². The quantitative estimate of drug-likeness (QED) is 0.541. The summed E-state index contributed by atoms with van der Waals surface area (Å²) in [4.78, 5) is 0. The van der Waals surface area contributed by atoms with Gasteiger partial charge < -0.3 is 0 Å². The molecule has 2 aromatic rings. The van der Waals surface area contributed by atoms with E-state index in [4.69, 9.17) is 0 Å². The van der Waals surface area contributed by atoms with Crippen molar-refractivity contribution in [2.75, 3.05) is 0 Å². The molecule has 0 nitrogen and oxygen atoms in total. The van der Waals surface area contributed by atoms with Gasteiger partial charge in [-0.3, -0.25) is 0 Å². The zero-order valence-electron chi connectivity index (χ0n) is 13.6. The summed E-state index contributed by atoms with van der Waals surface area (Å²) in [5.74, 6) is 8.10. The minimum atomic E-state index is 0. The smallest absolute Gasteiger partial charge is 0.184 e. The van der Waals surface area contributed by atoms with Gasteiger partial charge in [-0.15, -0.1) is 0 Å². The normalized spacial score (nSPS) is 20.4. The van der Waals surface area contributed by atoms with E-state index in [0.29, 0.717) is 0 Å². The van der Waals surface area contributed by atoms with E-state index in [9.17, 15) is 0 Å². The summed E-state index contributed by atoms with van der Waals surface area (Å²) in [5, 5.41) is 0. The summed E-state index contributed by atoms with van der Waals surface area (Å²) in [5.41, 5.74) is 3.62. The van der Waals surface area contributed by atoms with Gasteiger partial charge in [0.1, 0.15) is 0 Å². The van der Waals surface area contributed by atoms with Gasteiger partial charge in [0.05, 0.1) is 0 Å². The van der Waals surface area contributed by atoms with E-state index in [-0.39, 0.29) is 58.2 Å². The maximum absolute atomic E-state index is 3.23. The second kappa shape index (κ2) is 9.19. The molecule has 1 aliphatic carbocycles. The third-order valence-corrected chi connectivity index (χ3v) is 4.47. The monoisotopic (exact) mass is 358 g/mol. The molecule has 1 aliphatic rings. The molecular weight excluding hydrogens is 338 g/mol. The summed E-state index contributed by atoms with van der Waals surface area (Å²) in [6, 6.07) is 19.7. The number of hydrogen-bond acceptors (Lipinski definition) is 0. The van der Waals surface area contributed by atoms with E-state index in [1.807, 2.05) is 24.3 Å². The van der Waals surface area contributed by atoms with Crippen LogP contribution in [0.2, 0.25) is 0 Å². The van der Waals surface area contributed by atoms with E-state index in [1.54, 1.807) is 0 Å². The Kier molecular flexibility index (Phi) is 7.58. The van der Waals surface area contributed by atoms with E-state index >= 15 is 0 Å². The van der Waals surface area contributed by atoms with Gasteiger partial charge in [0, 0.05) is 5.56 Å². The standard InChI is InChI=1S/C21H21.Rb/c1-17-7-13-20(14-8-17)21-15-11-19(12-16-21)10-9-18-5-3-2-4-6-18;/h3-6,11-12,15-17,20H,7-8,13-14H2,1H3;/q-1;+1. The number of hydrogen-bond donors (Lipinski definition) is 0. The van der Waals surface area contributed by atoms with Crippen LogP contribution in [0, 0.1) is 23.8 Å². The Labute approximate surface area is 183 Å². The van der Waals surface area contributed by atoms with Gasteiger partial charge in [-0.1, -0.05) is 49.3 Å². The molecule has 3 rings (SSSR count). The molecule has 0 heterocycles. The summed E-state index contributed by atoms with van der Waals surface area (Å²) < 4.78 is 0. The molecule has 0 bridgehead atoms. The largest absolute Gasteiger partial charge is 1.00 e. The van der Waals surface area contributed by atoms with Crippen LogP contribution in [0.25, 0.3) is 0 Å². The fourth-order valence-electron chi connectivity index (χ4n) is 3.05. The van der Waals surface area contributed by atoms with Gasteiger partial charge in [0.2, 0.25) is 0 Å². The van der Waals surface area contributed by atoms with Crippen molar-refractivity contribution >= 4 is 0 Å². The second-order valence-electron chi connectivity index (χ2n) is 6.12. The zero-order valence-corrected chi connectivity index (χ0v) is 18.5. The molecule has 0 N–H and O–H groups in total. The van der Waals surface area contributed by atoms with Gasteiger partial charge in [-0.2, -0.15) is 30.3 Å². The molecule has 0 aliphatic heterocycles. The molecule has 0 amide bonds. The fraction of sp³-hybridized carbons (Fsp3) is 0.333. The minimum Gasteiger partial charge on any atom is -0.184 e. The first kappa shape index (κ1) is 18.1. The van der Waals surface area contributed by atoms with E-state index in [1.165, 1.54) is 31.2 Å². The fourth-order valence-corrected chi connectivity index (χ4v) is 3.05. The summed E-state index contributed by atoms with van der Waals surface area (Å²) in [6.07, 6.45) is 5.42. The Bertz CT molecular complexity index is 623. The van der Waals surface area contributed by atoms with Crippen molar-refractivity contribution in [3.63, 3.8) is 0 Å². The Morgan fingerprint density at radius 2 is 1.36 bits per heavy atom. The van der Waals surface area contributed by atoms with E-state index in [0.717, 1.165) is 23.0 Å². The predicted octanol–water partition coefficient (Wildman–Crippen LogP) is 2.18. The SMILES string of the molecule is CC1CCC(c2ccc(C#Cc3cc[c-]cc3)cc2)CC1.[Rb+]. The second-order valence-corrected chi connectivity index (χ2v) is 6.12. The Morgan fingerprint density at radius 3 is 1.95 bits per heavy atom. The summed E-state index contributed by atoms with van der Waals surface area (Å²) in [7, 11) is 0. The van der Waals surface area contributed by atoms with Crippen molar-refractivity contribution in [2.45, 2.75) is 38.5 Å². The van der Waals surface area contributed by atoms with E-state index in [2.05, 4.69) is 49.1 Å². The maximum atomic E-state index is 3.23. The molecule has 106 valence electrons. The average Bonchev–Trinajstić information content (AvgIpc) is 2.55. The molecule has 1 fully saturated rings. The molecule has 0 atom stereocenters. The molecular formula is C21H21Rb. The van der Waals surface area contributed by atoms with Crippen molar-refractivity contribution in [1.82, 2.24) is 0 Å². The minimum absolute atomic E-state index is 0. The molecule has 0 unspecified atom stereocenters. The first-order valence-electron chi connectivity index (χ1n) is 7.89. The van der Waals surface area contributed by atoms with Gasteiger partial charge in [0.15, 0.2) is 0 Å². The third-order valence-electron chi connectivity index (χ3n) is 4.47. The van der Waals surface area contributed by atoms with Crippen LogP contribution in [-0.4, -0.2) is 0 Å². The van der Waals surface area contributed by atoms with Crippen LogP contribution in [0.4, 0.5) is 0 Å². The van der Waals surface area contributed by atoms with Crippen molar-refractivity contribution in [3.05, 3.63) is 71.3 Å². The summed E-state index contributed by atoms with van der Waals surface area (Å²) >= 11 is 0. The van der Waals surface area contributed by atoms with E-state index < -0.39 is 0 Å². The van der Waals surface area contributed by atoms with Crippen LogP contribution in [0.15, 0.2) is 48.5 Å². The van der Waals surface area contributed by atoms with Gasteiger partial charge in [-0.25, -0.2) is 0 Å². The van der Waals surface area contributed by atoms with Crippen LogP contribution < -0.4 is 58.2 Å². The molecule has 2 aromatic carbocycles. The van der Waals surface area contributed by atoms with Crippen LogP contribution in [0.5, 0.6) is 0 Å². The van der Waals surface area contributed by atoms with Crippen LogP contribution in [-0.2, 0) is 0 Å². The van der Waals surface area contributed by atoms with Crippen molar-refractivity contribution in [1.29, 1.82) is 0 Å². The van der Waals surface area contributed by atoms with Crippen LogP contribution >= 0.6 is 0 Å². The molecule has 22 heavy (non-hydrogen) atoms.